The van der Waals surface area contributed by atoms with Crippen LogP contribution in [0.15, 0.2) is 35.1 Å². The van der Waals surface area contributed by atoms with Crippen LogP contribution in [-0.2, 0) is 0 Å². The van der Waals surface area contributed by atoms with Gasteiger partial charge in [0.25, 0.3) is 0 Å². The standard InChI is InChI=1S/C16H21N3O/c1-16(2)9-3-4-14(10-16)18-13-7-5-12(6-8-13)15-19-17-11-20-15/h5-8,11,14,18H,3-4,9-10H2,1-2H3. The Bertz CT molecular complexity index is 546. The molecule has 1 unspecified atom stereocenters. The number of aromatic nitrogens is 2. The van der Waals surface area contributed by atoms with Gasteiger partial charge in [-0.2, -0.15) is 0 Å². The average molecular weight is 271 g/mol. The van der Waals surface area contributed by atoms with Crippen molar-refractivity contribution in [3.8, 4) is 11.5 Å². The summed E-state index contributed by atoms with van der Waals surface area (Å²) in [6.07, 6.45) is 6.49. The monoisotopic (exact) mass is 271 g/mol. The molecule has 1 heterocycles. The van der Waals surface area contributed by atoms with Crippen molar-refractivity contribution in [2.45, 2.75) is 45.6 Å². The number of nitrogens with one attached hydrogen (secondary N) is 1. The molecule has 0 bridgehead atoms. The molecule has 0 spiro atoms. The SMILES string of the molecule is CC1(C)CCCC(Nc2ccc(-c3nnco3)cc2)C1. The Balaban J connectivity index is 1.66. The van der Waals surface area contributed by atoms with E-state index in [1.54, 1.807) is 0 Å². The quantitative estimate of drug-likeness (QED) is 0.912. The van der Waals surface area contributed by atoms with Crippen molar-refractivity contribution >= 4 is 5.69 Å². The summed E-state index contributed by atoms with van der Waals surface area (Å²) in [4.78, 5) is 0. The minimum atomic E-state index is 0.458. The summed E-state index contributed by atoms with van der Waals surface area (Å²) in [7, 11) is 0. The third kappa shape index (κ3) is 3.00. The van der Waals surface area contributed by atoms with Crippen LogP contribution in [0.3, 0.4) is 0 Å². The van der Waals surface area contributed by atoms with Gasteiger partial charge in [-0.25, -0.2) is 0 Å². The van der Waals surface area contributed by atoms with Gasteiger partial charge in [0.15, 0.2) is 0 Å². The molecule has 20 heavy (non-hydrogen) atoms. The van der Waals surface area contributed by atoms with Crippen molar-refractivity contribution < 1.29 is 4.42 Å². The molecular weight excluding hydrogens is 250 g/mol. The Hall–Kier alpha value is -1.84. The summed E-state index contributed by atoms with van der Waals surface area (Å²) in [5, 5.41) is 11.3. The molecule has 3 rings (SSSR count). The molecule has 1 fully saturated rings. The number of rotatable bonds is 3. The first kappa shape index (κ1) is 13.2. The Labute approximate surface area is 119 Å². The van der Waals surface area contributed by atoms with Crippen LogP contribution in [0.1, 0.15) is 39.5 Å². The van der Waals surface area contributed by atoms with Crippen LogP contribution in [0, 0.1) is 5.41 Å². The third-order valence-corrected chi connectivity index (χ3v) is 4.07. The molecule has 1 aromatic heterocycles. The predicted octanol–water partition coefficient (Wildman–Crippen LogP) is 4.12. The summed E-state index contributed by atoms with van der Waals surface area (Å²) in [5.41, 5.74) is 2.58. The highest BCUT2D eigenvalue weighted by Crippen LogP contribution is 2.36. The van der Waals surface area contributed by atoms with Gasteiger partial charge in [-0.1, -0.05) is 20.3 Å². The highest BCUT2D eigenvalue weighted by molar-refractivity contribution is 5.58. The van der Waals surface area contributed by atoms with Crippen molar-refractivity contribution in [2.75, 3.05) is 5.32 Å². The van der Waals surface area contributed by atoms with Gasteiger partial charge in [0.1, 0.15) is 0 Å². The summed E-state index contributed by atoms with van der Waals surface area (Å²) < 4.78 is 5.19. The Morgan fingerprint density at radius 3 is 2.70 bits per heavy atom. The molecule has 1 N–H and O–H groups in total. The number of hydrogen-bond donors (Lipinski definition) is 1. The molecule has 2 aromatic rings. The van der Waals surface area contributed by atoms with Crippen LogP contribution in [0.2, 0.25) is 0 Å². The topological polar surface area (TPSA) is 51.0 Å². The second-order valence-electron chi connectivity index (χ2n) is 6.42. The first-order valence-electron chi connectivity index (χ1n) is 7.26. The van der Waals surface area contributed by atoms with E-state index in [1.165, 1.54) is 32.1 Å². The molecule has 0 amide bonds. The molecule has 1 aromatic carbocycles. The van der Waals surface area contributed by atoms with Gasteiger partial charge in [0, 0.05) is 17.3 Å². The summed E-state index contributed by atoms with van der Waals surface area (Å²) in [6.45, 7) is 4.72. The summed E-state index contributed by atoms with van der Waals surface area (Å²) in [5.74, 6) is 0.565. The lowest BCUT2D eigenvalue weighted by molar-refractivity contribution is 0.229. The molecule has 0 aliphatic heterocycles. The maximum atomic E-state index is 5.19. The fraction of sp³-hybridized carbons (Fsp3) is 0.500. The Morgan fingerprint density at radius 1 is 1.25 bits per heavy atom. The van der Waals surface area contributed by atoms with E-state index in [0.717, 1.165) is 11.3 Å². The summed E-state index contributed by atoms with van der Waals surface area (Å²) in [6, 6.07) is 8.78. The van der Waals surface area contributed by atoms with Gasteiger partial charge in [0.05, 0.1) is 0 Å². The van der Waals surface area contributed by atoms with E-state index in [0.29, 0.717) is 17.3 Å². The van der Waals surface area contributed by atoms with Crippen LogP contribution < -0.4 is 5.32 Å². The first-order chi connectivity index (χ1) is 9.62. The fourth-order valence-electron chi connectivity index (χ4n) is 3.06. The van der Waals surface area contributed by atoms with Gasteiger partial charge >= 0.3 is 0 Å². The first-order valence-corrected chi connectivity index (χ1v) is 7.26. The second kappa shape index (κ2) is 5.27. The Morgan fingerprint density at radius 2 is 2.05 bits per heavy atom. The van der Waals surface area contributed by atoms with E-state index in [1.807, 2.05) is 12.1 Å². The second-order valence-corrected chi connectivity index (χ2v) is 6.42. The molecule has 1 atom stereocenters. The highest BCUT2D eigenvalue weighted by Gasteiger charge is 2.27. The molecule has 1 aliphatic carbocycles. The minimum Gasteiger partial charge on any atom is -0.423 e. The number of hydrogen-bond acceptors (Lipinski definition) is 4. The Kier molecular flexibility index (Phi) is 3.47. The zero-order valence-corrected chi connectivity index (χ0v) is 12.1. The molecule has 106 valence electrons. The van der Waals surface area contributed by atoms with Crippen molar-refractivity contribution in [1.82, 2.24) is 10.2 Å². The predicted molar refractivity (Wildman–Crippen MR) is 79.4 cm³/mol. The van der Waals surface area contributed by atoms with E-state index >= 15 is 0 Å². The van der Waals surface area contributed by atoms with Gasteiger partial charge in [-0.3, -0.25) is 0 Å². The maximum Gasteiger partial charge on any atom is 0.247 e. The van der Waals surface area contributed by atoms with Gasteiger partial charge in [-0.05, 0) is 48.9 Å². The normalized spacial score (nSPS) is 21.6. The number of benzene rings is 1. The van der Waals surface area contributed by atoms with Crippen molar-refractivity contribution in [3.63, 3.8) is 0 Å². The van der Waals surface area contributed by atoms with Gasteiger partial charge < -0.3 is 9.73 Å². The summed E-state index contributed by atoms with van der Waals surface area (Å²) >= 11 is 0. The molecule has 4 nitrogen and oxygen atoms in total. The van der Waals surface area contributed by atoms with E-state index in [2.05, 4.69) is 41.5 Å². The third-order valence-electron chi connectivity index (χ3n) is 4.07. The van der Waals surface area contributed by atoms with Crippen molar-refractivity contribution in [1.29, 1.82) is 0 Å². The maximum absolute atomic E-state index is 5.19. The van der Waals surface area contributed by atoms with Crippen LogP contribution in [-0.4, -0.2) is 16.2 Å². The van der Waals surface area contributed by atoms with Crippen LogP contribution in [0.5, 0.6) is 0 Å². The van der Waals surface area contributed by atoms with Crippen LogP contribution >= 0.6 is 0 Å². The number of anilines is 1. The molecule has 4 heteroatoms. The lowest BCUT2D eigenvalue weighted by Gasteiger charge is -2.36. The zero-order valence-electron chi connectivity index (χ0n) is 12.1. The number of nitrogens with zero attached hydrogens (tertiary/aromatic N) is 2. The lowest BCUT2D eigenvalue weighted by atomic mass is 9.75. The molecule has 0 saturated heterocycles. The van der Waals surface area contributed by atoms with Crippen LogP contribution in [0.4, 0.5) is 5.69 Å². The van der Waals surface area contributed by atoms with Crippen LogP contribution in [0.25, 0.3) is 11.5 Å². The highest BCUT2D eigenvalue weighted by atomic mass is 16.4. The smallest absolute Gasteiger partial charge is 0.247 e. The fourth-order valence-corrected chi connectivity index (χ4v) is 3.06. The van der Waals surface area contributed by atoms with E-state index in [9.17, 15) is 0 Å². The zero-order chi connectivity index (χ0) is 14.0. The van der Waals surface area contributed by atoms with Crippen molar-refractivity contribution in [2.24, 2.45) is 5.41 Å². The molecular formula is C16H21N3O. The van der Waals surface area contributed by atoms with E-state index < -0.39 is 0 Å². The van der Waals surface area contributed by atoms with Crippen molar-refractivity contribution in [3.05, 3.63) is 30.7 Å². The largest absolute Gasteiger partial charge is 0.423 e. The molecule has 1 aliphatic rings. The molecule has 0 radical (unpaired) electrons. The lowest BCUT2D eigenvalue weighted by Crippen LogP contribution is -2.31. The van der Waals surface area contributed by atoms with Gasteiger partial charge in [-0.15, -0.1) is 10.2 Å². The van der Waals surface area contributed by atoms with Gasteiger partial charge in [0.2, 0.25) is 12.3 Å². The van der Waals surface area contributed by atoms with E-state index in [4.69, 9.17) is 4.42 Å². The average Bonchev–Trinajstić information content (AvgIpc) is 2.92. The molecule has 1 saturated carbocycles. The minimum absolute atomic E-state index is 0.458. The van der Waals surface area contributed by atoms with E-state index in [-0.39, 0.29) is 0 Å².